The van der Waals surface area contributed by atoms with Gasteiger partial charge in [0.25, 0.3) is 0 Å². The van der Waals surface area contributed by atoms with E-state index in [-0.39, 0.29) is 29.3 Å². The number of Topliss-reactive ketones (excluding diaryl/α,β-unsaturated/α-hetero) is 1. The summed E-state index contributed by atoms with van der Waals surface area (Å²) >= 11 is 0. The van der Waals surface area contributed by atoms with Gasteiger partial charge in [0.2, 0.25) is 0 Å². The first-order valence-corrected chi connectivity index (χ1v) is 4.85. The van der Waals surface area contributed by atoms with Crippen molar-refractivity contribution < 1.29 is 19.1 Å². The molecule has 1 rings (SSSR count). The van der Waals surface area contributed by atoms with E-state index in [1.807, 2.05) is 0 Å². The number of aliphatic hydroxyl groups excluding tert-OH is 1. The second-order valence-electron chi connectivity index (χ2n) is 3.54. The van der Waals surface area contributed by atoms with Gasteiger partial charge in [0.15, 0.2) is 5.78 Å². The largest absolute Gasteiger partial charge is 0.496 e. The third kappa shape index (κ3) is 2.70. The zero-order chi connectivity index (χ0) is 12.3. The van der Waals surface area contributed by atoms with E-state index in [1.165, 1.54) is 21.0 Å². The predicted octanol–water partition coefficient (Wildman–Crippen LogP) is 0.910. The van der Waals surface area contributed by atoms with Gasteiger partial charge >= 0.3 is 5.63 Å². The Hall–Kier alpha value is -1.62. The van der Waals surface area contributed by atoms with Crippen molar-refractivity contribution >= 4 is 5.78 Å². The van der Waals surface area contributed by atoms with Crippen molar-refractivity contribution in [2.75, 3.05) is 7.11 Å². The minimum Gasteiger partial charge on any atom is -0.496 e. The first-order valence-electron chi connectivity index (χ1n) is 4.85. The minimum absolute atomic E-state index is 0.0368. The van der Waals surface area contributed by atoms with Crippen molar-refractivity contribution in [1.82, 2.24) is 0 Å². The molecule has 0 bridgehead atoms. The summed E-state index contributed by atoms with van der Waals surface area (Å²) in [5, 5.41) is 9.14. The lowest BCUT2D eigenvalue weighted by Crippen LogP contribution is -2.14. The summed E-state index contributed by atoms with van der Waals surface area (Å²) < 4.78 is 9.76. The van der Waals surface area contributed by atoms with Crippen LogP contribution in [-0.2, 0) is 0 Å². The van der Waals surface area contributed by atoms with Gasteiger partial charge in [0, 0.05) is 6.42 Å². The Bertz CT molecular complexity index is 444. The van der Waals surface area contributed by atoms with Gasteiger partial charge in [0.05, 0.1) is 24.8 Å². The number of carbonyl (C=O) groups excluding carboxylic acids is 1. The molecule has 1 N–H and O–H groups in total. The molecule has 1 unspecified atom stereocenters. The van der Waals surface area contributed by atoms with E-state index >= 15 is 0 Å². The van der Waals surface area contributed by atoms with Crippen molar-refractivity contribution in [3.63, 3.8) is 0 Å². The first-order chi connectivity index (χ1) is 7.45. The van der Waals surface area contributed by atoms with E-state index in [0.717, 1.165) is 6.07 Å². The third-order valence-electron chi connectivity index (χ3n) is 2.08. The standard InChI is InChI=1S/C11H14O5/c1-6(12)4-8(13)11-7(2)16-10(14)5-9(11)15-3/h5-6,12H,4H2,1-3H3. The zero-order valence-electron chi connectivity index (χ0n) is 9.44. The molecule has 0 saturated heterocycles. The van der Waals surface area contributed by atoms with Crippen LogP contribution >= 0.6 is 0 Å². The Balaban J connectivity index is 3.21. The summed E-state index contributed by atoms with van der Waals surface area (Å²) in [6.07, 6.45) is -0.784. The molecule has 5 nitrogen and oxygen atoms in total. The number of ether oxygens (including phenoxy) is 1. The summed E-state index contributed by atoms with van der Waals surface area (Å²) in [7, 11) is 1.37. The first kappa shape index (κ1) is 12.4. The topological polar surface area (TPSA) is 76.7 Å². The molecule has 1 atom stereocenters. The average molecular weight is 226 g/mol. The van der Waals surface area contributed by atoms with Gasteiger partial charge in [-0.3, -0.25) is 4.79 Å². The van der Waals surface area contributed by atoms with Crippen molar-refractivity contribution in [2.45, 2.75) is 26.4 Å². The molecular formula is C11H14O5. The summed E-state index contributed by atoms with van der Waals surface area (Å²) in [6, 6.07) is 1.11. The quantitative estimate of drug-likeness (QED) is 0.772. The number of carbonyl (C=O) groups is 1. The smallest absolute Gasteiger partial charge is 0.339 e. The molecule has 0 radical (unpaired) electrons. The summed E-state index contributed by atoms with van der Waals surface area (Å²) in [4.78, 5) is 22.8. The van der Waals surface area contributed by atoms with Crippen LogP contribution in [0.15, 0.2) is 15.3 Å². The van der Waals surface area contributed by atoms with E-state index in [9.17, 15) is 9.59 Å². The Labute approximate surface area is 92.7 Å². The van der Waals surface area contributed by atoms with E-state index in [4.69, 9.17) is 14.3 Å². The molecule has 0 aromatic carbocycles. The van der Waals surface area contributed by atoms with Crippen LogP contribution < -0.4 is 10.4 Å². The van der Waals surface area contributed by atoms with Gasteiger partial charge in [-0.15, -0.1) is 0 Å². The van der Waals surface area contributed by atoms with Gasteiger partial charge in [0.1, 0.15) is 11.5 Å². The van der Waals surface area contributed by atoms with E-state index in [1.54, 1.807) is 0 Å². The molecule has 1 heterocycles. The second-order valence-corrected chi connectivity index (χ2v) is 3.54. The van der Waals surface area contributed by atoms with Gasteiger partial charge in [-0.25, -0.2) is 4.79 Å². The second kappa shape index (κ2) is 4.94. The molecule has 0 fully saturated rings. The van der Waals surface area contributed by atoms with Gasteiger partial charge < -0.3 is 14.3 Å². The Kier molecular flexibility index (Phi) is 3.84. The lowest BCUT2D eigenvalue weighted by Gasteiger charge is -2.09. The number of aliphatic hydroxyl groups is 1. The molecule has 0 amide bonds. The Morgan fingerprint density at radius 1 is 1.62 bits per heavy atom. The number of hydrogen-bond donors (Lipinski definition) is 1. The van der Waals surface area contributed by atoms with Gasteiger partial charge in [-0.2, -0.15) is 0 Å². The number of aryl methyl sites for hydroxylation is 1. The van der Waals surface area contributed by atoms with Crippen LogP contribution in [0.3, 0.4) is 0 Å². The monoisotopic (exact) mass is 226 g/mol. The number of ketones is 1. The molecular weight excluding hydrogens is 212 g/mol. The molecule has 5 heteroatoms. The molecule has 0 aliphatic rings. The molecule has 1 aromatic heterocycles. The lowest BCUT2D eigenvalue weighted by atomic mass is 10.0. The fourth-order valence-corrected chi connectivity index (χ4v) is 1.45. The molecule has 88 valence electrons. The number of rotatable bonds is 4. The van der Waals surface area contributed by atoms with Gasteiger partial charge in [-0.1, -0.05) is 0 Å². The maximum atomic E-state index is 11.8. The van der Waals surface area contributed by atoms with E-state index in [2.05, 4.69) is 0 Å². The number of methoxy groups -OCH3 is 1. The van der Waals surface area contributed by atoms with Crippen LogP contribution in [0.5, 0.6) is 5.75 Å². The molecule has 1 aromatic rings. The predicted molar refractivity (Wildman–Crippen MR) is 56.9 cm³/mol. The average Bonchev–Trinajstić information content (AvgIpc) is 2.14. The van der Waals surface area contributed by atoms with Crippen LogP contribution in [0, 0.1) is 6.92 Å². The summed E-state index contributed by atoms with van der Waals surface area (Å²) in [6.45, 7) is 3.03. The third-order valence-corrected chi connectivity index (χ3v) is 2.08. The van der Waals surface area contributed by atoms with Crippen LogP contribution in [0.1, 0.15) is 29.5 Å². The number of hydrogen-bond acceptors (Lipinski definition) is 5. The normalized spacial score (nSPS) is 12.2. The van der Waals surface area contributed by atoms with Crippen molar-refractivity contribution in [3.8, 4) is 5.75 Å². The minimum atomic E-state index is -0.747. The fourth-order valence-electron chi connectivity index (χ4n) is 1.45. The fraction of sp³-hybridized carbons (Fsp3) is 0.455. The summed E-state index contributed by atoms with van der Waals surface area (Å²) in [5.74, 6) is 0.0718. The molecule has 0 saturated carbocycles. The van der Waals surface area contributed by atoms with Gasteiger partial charge in [-0.05, 0) is 13.8 Å². The SMILES string of the molecule is COc1cc(=O)oc(C)c1C(=O)CC(C)O. The molecule has 0 aliphatic heterocycles. The maximum absolute atomic E-state index is 11.8. The molecule has 0 spiro atoms. The van der Waals surface area contributed by atoms with Crippen LogP contribution in [-0.4, -0.2) is 24.1 Å². The van der Waals surface area contributed by atoms with Crippen LogP contribution in [0.25, 0.3) is 0 Å². The highest BCUT2D eigenvalue weighted by Crippen LogP contribution is 2.21. The molecule has 16 heavy (non-hydrogen) atoms. The van der Waals surface area contributed by atoms with Crippen molar-refractivity contribution in [2.24, 2.45) is 0 Å². The van der Waals surface area contributed by atoms with E-state index < -0.39 is 11.7 Å². The lowest BCUT2D eigenvalue weighted by molar-refractivity contribution is 0.0894. The summed E-state index contributed by atoms with van der Waals surface area (Å²) in [5.41, 5.74) is -0.356. The highest BCUT2D eigenvalue weighted by Gasteiger charge is 2.19. The maximum Gasteiger partial charge on any atom is 0.339 e. The highest BCUT2D eigenvalue weighted by molar-refractivity contribution is 5.99. The highest BCUT2D eigenvalue weighted by atomic mass is 16.5. The van der Waals surface area contributed by atoms with Crippen LogP contribution in [0.4, 0.5) is 0 Å². The Morgan fingerprint density at radius 3 is 2.75 bits per heavy atom. The Morgan fingerprint density at radius 2 is 2.25 bits per heavy atom. The van der Waals surface area contributed by atoms with E-state index in [0.29, 0.717) is 0 Å². The zero-order valence-corrected chi connectivity index (χ0v) is 9.44. The van der Waals surface area contributed by atoms with Crippen LogP contribution in [0.2, 0.25) is 0 Å². The van der Waals surface area contributed by atoms with Crippen molar-refractivity contribution in [1.29, 1.82) is 0 Å². The molecule has 0 aliphatic carbocycles. The van der Waals surface area contributed by atoms with Crippen molar-refractivity contribution in [3.05, 3.63) is 27.8 Å².